The number of hydrogen-bond acceptors (Lipinski definition) is 2. The molecule has 0 radical (unpaired) electrons. The van der Waals surface area contributed by atoms with E-state index in [4.69, 9.17) is 0 Å². The van der Waals surface area contributed by atoms with Gasteiger partial charge in [-0.05, 0) is 57.1 Å². The largest absolute Gasteiger partial charge is 0.253 e. The molecule has 0 aromatic heterocycles. The summed E-state index contributed by atoms with van der Waals surface area (Å²) in [5.74, 6) is 0. The lowest BCUT2D eigenvalue weighted by Gasteiger charge is -2.11. The lowest BCUT2D eigenvalue weighted by molar-refractivity contribution is 0.702. The van der Waals surface area contributed by atoms with Crippen LogP contribution in [0.1, 0.15) is 11.1 Å². The Morgan fingerprint density at radius 2 is 1.83 bits per heavy atom. The van der Waals surface area contributed by atoms with E-state index < -0.39 is 0 Å². The summed E-state index contributed by atoms with van der Waals surface area (Å²) in [4.78, 5) is 1.35. The Morgan fingerprint density at radius 1 is 1.17 bits per heavy atom. The van der Waals surface area contributed by atoms with Gasteiger partial charge in [-0.25, -0.2) is 0 Å². The normalized spacial score (nSPS) is 10.8. The van der Waals surface area contributed by atoms with Crippen LogP contribution >= 0.6 is 11.9 Å². The first-order chi connectivity index (χ1) is 5.59. The van der Waals surface area contributed by atoms with E-state index in [2.05, 4.69) is 50.4 Å². The fraction of sp³-hybridized carbons (Fsp3) is 0.400. The van der Waals surface area contributed by atoms with Crippen molar-refractivity contribution in [3.63, 3.8) is 0 Å². The van der Waals surface area contributed by atoms with Gasteiger partial charge in [0, 0.05) is 4.90 Å². The molecule has 0 spiro atoms. The van der Waals surface area contributed by atoms with E-state index >= 15 is 0 Å². The van der Waals surface area contributed by atoms with Crippen LogP contribution in [0.5, 0.6) is 0 Å². The Kier molecular flexibility index (Phi) is 3.18. The zero-order valence-electron chi connectivity index (χ0n) is 8.09. The number of aryl methyl sites for hydroxylation is 2. The van der Waals surface area contributed by atoms with Gasteiger partial charge >= 0.3 is 0 Å². The van der Waals surface area contributed by atoms with Crippen molar-refractivity contribution in [1.29, 1.82) is 0 Å². The number of nitrogens with zero attached hydrogens (tertiary/aromatic N) is 1. The molecule has 0 saturated carbocycles. The molecule has 1 rings (SSSR count). The smallest absolute Gasteiger partial charge is 0.0261 e. The maximum Gasteiger partial charge on any atom is 0.0261 e. The van der Waals surface area contributed by atoms with Gasteiger partial charge in [0.25, 0.3) is 0 Å². The van der Waals surface area contributed by atoms with Crippen LogP contribution in [0.3, 0.4) is 0 Å². The van der Waals surface area contributed by atoms with Gasteiger partial charge in [0.05, 0.1) is 0 Å². The first kappa shape index (κ1) is 9.62. The number of hydrogen-bond donors (Lipinski definition) is 0. The summed E-state index contributed by atoms with van der Waals surface area (Å²) in [5, 5.41) is 0. The quantitative estimate of drug-likeness (QED) is 0.645. The minimum Gasteiger partial charge on any atom is -0.253 e. The zero-order valence-corrected chi connectivity index (χ0v) is 8.90. The third-order valence-electron chi connectivity index (χ3n) is 1.62. The van der Waals surface area contributed by atoms with E-state index in [1.165, 1.54) is 16.0 Å². The summed E-state index contributed by atoms with van der Waals surface area (Å²) >= 11 is 1.77. The molecule has 0 unspecified atom stereocenters. The second-order valence-electron chi connectivity index (χ2n) is 3.17. The summed E-state index contributed by atoms with van der Waals surface area (Å²) in [5.41, 5.74) is 2.67. The summed E-state index contributed by atoms with van der Waals surface area (Å²) in [6.45, 7) is 4.27. The molecule has 0 heterocycles. The molecule has 0 atom stereocenters. The Labute approximate surface area is 78.9 Å². The molecule has 66 valence electrons. The Morgan fingerprint density at radius 3 is 2.42 bits per heavy atom. The third kappa shape index (κ3) is 2.54. The molecule has 0 saturated heterocycles. The zero-order chi connectivity index (χ0) is 9.14. The molecule has 0 amide bonds. The van der Waals surface area contributed by atoms with Crippen molar-refractivity contribution in [2.45, 2.75) is 18.7 Å². The molecule has 0 bridgehead atoms. The van der Waals surface area contributed by atoms with Gasteiger partial charge < -0.3 is 0 Å². The number of rotatable bonds is 2. The molecule has 1 aromatic carbocycles. The van der Waals surface area contributed by atoms with Crippen LogP contribution in [0, 0.1) is 13.8 Å². The highest BCUT2D eigenvalue weighted by Gasteiger charge is 2.00. The molecule has 0 fully saturated rings. The average molecular weight is 181 g/mol. The van der Waals surface area contributed by atoms with E-state index in [1.807, 2.05) is 0 Å². The molecule has 0 aliphatic heterocycles. The van der Waals surface area contributed by atoms with Crippen LogP contribution in [0.4, 0.5) is 0 Å². The summed E-state index contributed by atoms with van der Waals surface area (Å²) in [7, 11) is 4.12. The van der Waals surface area contributed by atoms with Crippen molar-refractivity contribution in [3.8, 4) is 0 Å². The van der Waals surface area contributed by atoms with Crippen molar-refractivity contribution in [2.24, 2.45) is 0 Å². The fourth-order valence-electron chi connectivity index (χ4n) is 1.00. The summed E-state index contributed by atoms with van der Waals surface area (Å²) < 4.78 is 2.11. The van der Waals surface area contributed by atoms with Gasteiger partial charge in [-0.3, -0.25) is 4.31 Å². The molecule has 12 heavy (non-hydrogen) atoms. The van der Waals surface area contributed by atoms with Crippen LogP contribution in [0.25, 0.3) is 0 Å². The van der Waals surface area contributed by atoms with Crippen molar-refractivity contribution in [1.82, 2.24) is 4.31 Å². The van der Waals surface area contributed by atoms with E-state index in [9.17, 15) is 0 Å². The predicted molar refractivity (Wildman–Crippen MR) is 55.5 cm³/mol. The Hall–Kier alpha value is -0.470. The van der Waals surface area contributed by atoms with Crippen LogP contribution in [-0.4, -0.2) is 18.4 Å². The van der Waals surface area contributed by atoms with Gasteiger partial charge in [-0.1, -0.05) is 12.1 Å². The Bertz CT molecular complexity index is 269. The summed E-state index contributed by atoms with van der Waals surface area (Å²) in [6.07, 6.45) is 0. The van der Waals surface area contributed by atoms with Crippen LogP contribution in [-0.2, 0) is 0 Å². The maximum atomic E-state index is 2.22. The van der Waals surface area contributed by atoms with Crippen molar-refractivity contribution >= 4 is 11.9 Å². The van der Waals surface area contributed by atoms with Gasteiger partial charge in [-0.15, -0.1) is 0 Å². The Balaban J connectivity index is 2.90. The summed E-state index contributed by atoms with van der Waals surface area (Å²) in [6, 6.07) is 6.54. The van der Waals surface area contributed by atoms with E-state index in [0.717, 1.165) is 0 Å². The molecule has 0 aliphatic rings. The lowest BCUT2D eigenvalue weighted by atomic mass is 10.2. The van der Waals surface area contributed by atoms with Crippen LogP contribution in [0.2, 0.25) is 0 Å². The second kappa shape index (κ2) is 3.97. The maximum absolute atomic E-state index is 2.22. The molecule has 2 heteroatoms. The fourth-order valence-corrected chi connectivity index (χ4v) is 1.85. The minimum atomic E-state index is 1.32. The van der Waals surface area contributed by atoms with Crippen molar-refractivity contribution in [3.05, 3.63) is 29.3 Å². The van der Waals surface area contributed by atoms with Crippen molar-refractivity contribution in [2.75, 3.05) is 14.1 Å². The third-order valence-corrected chi connectivity index (χ3v) is 2.63. The molecular formula is C10H15NS. The minimum absolute atomic E-state index is 1.32. The monoisotopic (exact) mass is 181 g/mol. The predicted octanol–water partition coefficient (Wildman–Crippen LogP) is 2.87. The van der Waals surface area contributed by atoms with Gasteiger partial charge in [-0.2, -0.15) is 0 Å². The van der Waals surface area contributed by atoms with E-state index in [-0.39, 0.29) is 0 Å². The first-order valence-electron chi connectivity index (χ1n) is 4.02. The van der Waals surface area contributed by atoms with Gasteiger partial charge in [0.1, 0.15) is 0 Å². The van der Waals surface area contributed by atoms with E-state index in [1.54, 1.807) is 11.9 Å². The van der Waals surface area contributed by atoms with Gasteiger partial charge in [0.2, 0.25) is 0 Å². The highest BCUT2D eigenvalue weighted by molar-refractivity contribution is 7.97. The van der Waals surface area contributed by atoms with Crippen molar-refractivity contribution < 1.29 is 0 Å². The number of benzene rings is 1. The average Bonchev–Trinajstić information content (AvgIpc) is 1.96. The molecule has 1 nitrogen and oxygen atoms in total. The standard InChI is InChI=1S/C10H15NS/c1-8-5-6-9(2)10(7-8)12-11(3)4/h5-7H,1-4H3. The lowest BCUT2D eigenvalue weighted by Crippen LogP contribution is -1.99. The SMILES string of the molecule is Cc1ccc(C)c(SN(C)C)c1. The second-order valence-corrected chi connectivity index (χ2v) is 4.53. The van der Waals surface area contributed by atoms with Gasteiger partial charge in [0.15, 0.2) is 0 Å². The molecular weight excluding hydrogens is 166 g/mol. The highest BCUT2D eigenvalue weighted by Crippen LogP contribution is 2.24. The highest BCUT2D eigenvalue weighted by atomic mass is 32.2. The molecule has 0 aliphatic carbocycles. The van der Waals surface area contributed by atoms with E-state index in [0.29, 0.717) is 0 Å². The van der Waals surface area contributed by atoms with Crippen LogP contribution in [0.15, 0.2) is 23.1 Å². The molecule has 1 aromatic rings. The molecule has 0 N–H and O–H groups in total. The topological polar surface area (TPSA) is 3.24 Å². The van der Waals surface area contributed by atoms with Crippen LogP contribution < -0.4 is 0 Å². The first-order valence-corrected chi connectivity index (χ1v) is 4.79.